The summed E-state index contributed by atoms with van der Waals surface area (Å²) in [5, 5.41) is 19.5. The van der Waals surface area contributed by atoms with Gasteiger partial charge in [0.05, 0.1) is 19.6 Å². The molecule has 1 aliphatic heterocycles. The predicted molar refractivity (Wildman–Crippen MR) is 102 cm³/mol. The Morgan fingerprint density at radius 2 is 2.00 bits per heavy atom. The van der Waals surface area contributed by atoms with Gasteiger partial charge in [0.2, 0.25) is 0 Å². The second-order valence-corrected chi connectivity index (χ2v) is 7.18. The number of fused-ring (bicyclic) bond motifs is 2. The maximum Gasteiger partial charge on any atom is 0.328 e. The number of nitrogens with two attached hydrogens (primary N) is 1. The minimum atomic E-state index is -1.51. The number of anilines is 1. The van der Waals surface area contributed by atoms with Gasteiger partial charge in [0.1, 0.15) is 0 Å². The molecule has 148 valence electrons. The first-order valence-electron chi connectivity index (χ1n) is 9.77. The lowest BCUT2D eigenvalue weighted by molar-refractivity contribution is -0.626. The molecular weight excluding hydrogens is 344 g/mol. The summed E-state index contributed by atoms with van der Waals surface area (Å²) in [4.78, 5) is 21.7. The number of hydrogen-bond acceptors (Lipinski definition) is 4. The van der Waals surface area contributed by atoms with Gasteiger partial charge in [-0.2, -0.15) is 0 Å². The Labute approximate surface area is 160 Å². The minimum Gasteiger partial charge on any atom is -0.545 e. The minimum absolute atomic E-state index is 0.447. The second-order valence-electron chi connectivity index (χ2n) is 7.18. The highest BCUT2D eigenvalue weighted by Gasteiger charge is 2.35. The fourth-order valence-electron chi connectivity index (χ4n) is 4.15. The molecule has 1 aliphatic carbocycles. The Hall–Kier alpha value is -2.34. The van der Waals surface area contributed by atoms with Crippen molar-refractivity contribution in [3.05, 3.63) is 42.0 Å². The second kappa shape index (κ2) is 10.7. The molecule has 0 saturated heterocycles. The van der Waals surface area contributed by atoms with E-state index in [1.54, 1.807) is 5.56 Å². The number of para-hydroxylation sites is 1. The van der Waals surface area contributed by atoms with Gasteiger partial charge in [-0.05, 0) is 42.9 Å². The van der Waals surface area contributed by atoms with Crippen molar-refractivity contribution in [2.24, 2.45) is 5.92 Å². The van der Waals surface area contributed by atoms with Crippen LogP contribution in [-0.4, -0.2) is 43.2 Å². The molecule has 6 heteroatoms. The largest absolute Gasteiger partial charge is 0.545 e. The summed E-state index contributed by atoms with van der Waals surface area (Å²) in [5.41, 5.74) is 3.12. The van der Waals surface area contributed by atoms with Crippen LogP contribution in [-0.2, 0) is 16.0 Å². The van der Waals surface area contributed by atoms with Gasteiger partial charge >= 0.3 is 5.97 Å². The van der Waals surface area contributed by atoms with Crippen LogP contribution in [0.4, 0.5) is 5.69 Å². The van der Waals surface area contributed by atoms with Crippen molar-refractivity contribution in [2.45, 2.75) is 44.6 Å². The SMILES string of the molecule is C[NH2+]CCCN1c2ccccc2CC2CCCCC21.O=C([O-])/C=C\C(=O)O. The molecule has 1 saturated carbocycles. The molecule has 6 nitrogen and oxygen atoms in total. The Bertz CT molecular complexity index is 643. The summed E-state index contributed by atoms with van der Waals surface area (Å²) in [6.07, 6.45) is 9.28. The number of nitrogens with zero attached hydrogens (tertiary/aromatic N) is 1. The third-order valence-electron chi connectivity index (χ3n) is 5.31. The van der Waals surface area contributed by atoms with Crippen molar-refractivity contribution in [2.75, 3.05) is 25.0 Å². The van der Waals surface area contributed by atoms with E-state index in [9.17, 15) is 14.7 Å². The van der Waals surface area contributed by atoms with E-state index in [2.05, 4.69) is 41.5 Å². The predicted octanol–water partition coefficient (Wildman–Crippen LogP) is 0.568. The van der Waals surface area contributed by atoms with Crippen molar-refractivity contribution < 1.29 is 25.1 Å². The van der Waals surface area contributed by atoms with E-state index in [1.165, 1.54) is 57.3 Å². The zero-order chi connectivity index (χ0) is 19.6. The van der Waals surface area contributed by atoms with Crippen LogP contribution >= 0.6 is 0 Å². The number of benzene rings is 1. The lowest BCUT2D eigenvalue weighted by Crippen LogP contribution is -2.80. The van der Waals surface area contributed by atoms with Crippen molar-refractivity contribution in [3.63, 3.8) is 0 Å². The summed E-state index contributed by atoms with van der Waals surface area (Å²) in [5.74, 6) is -1.89. The zero-order valence-electron chi connectivity index (χ0n) is 16.0. The van der Waals surface area contributed by atoms with Gasteiger partial charge in [-0.1, -0.05) is 31.0 Å². The van der Waals surface area contributed by atoms with Crippen LogP contribution < -0.4 is 15.3 Å². The smallest absolute Gasteiger partial charge is 0.328 e. The average Bonchev–Trinajstić information content (AvgIpc) is 2.66. The highest BCUT2D eigenvalue weighted by Crippen LogP contribution is 2.40. The summed E-state index contributed by atoms with van der Waals surface area (Å²) in [7, 11) is 2.17. The summed E-state index contributed by atoms with van der Waals surface area (Å²) in [6.45, 7) is 2.48. The molecular formula is C21H30N2O4. The first kappa shape index (κ1) is 21.0. The highest BCUT2D eigenvalue weighted by molar-refractivity contribution is 5.88. The third kappa shape index (κ3) is 6.40. The van der Waals surface area contributed by atoms with Crippen LogP contribution in [0.1, 0.15) is 37.7 Å². The molecule has 3 N–H and O–H groups in total. The molecule has 3 rings (SSSR count). The van der Waals surface area contributed by atoms with Crippen LogP contribution in [0, 0.1) is 5.92 Å². The van der Waals surface area contributed by atoms with Gasteiger partial charge in [-0.3, -0.25) is 0 Å². The maximum atomic E-state index is 9.53. The Kier molecular flexibility index (Phi) is 8.33. The molecule has 1 aromatic rings. The third-order valence-corrected chi connectivity index (χ3v) is 5.31. The van der Waals surface area contributed by atoms with E-state index in [1.807, 2.05) is 0 Å². The van der Waals surface area contributed by atoms with Crippen molar-refractivity contribution in [3.8, 4) is 0 Å². The maximum absolute atomic E-state index is 9.53. The van der Waals surface area contributed by atoms with E-state index in [-0.39, 0.29) is 0 Å². The van der Waals surface area contributed by atoms with Gasteiger partial charge in [-0.25, -0.2) is 4.79 Å². The number of carboxylic acid groups (broad SMARTS) is 2. The first-order valence-corrected chi connectivity index (χ1v) is 9.77. The molecule has 1 aromatic carbocycles. The lowest BCUT2D eigenvalue weighted by atomic mass is 9.76. The van der Waals surface area contributed by atoms with Crippen LogP contribution in [0.2, 0.25) is 0 Å². The van der Waals surface area contributed by atoms with Crippen LogP contribution in [0.5, 0.6) is 0 Å². The molecule has 1 fully saturated rings. The molecule has 0 spiro atoms. The molecule has 2 aliphatic rings. The van der Waals surface area contributed by atoms with Gasteiger partial charge in [0.25, 0.3) is 0 Å². The number of rotatable bonds is 6. The molecule has 2 atom stereocenters. The fraction of sp³-hybridized carbons (Fsp3) is 0.524. The van der Waals surface area contributed by atoms with E-state index in [4.69, 9.17) is 5.11 Å². The monoisotopic (exact) mass is 374 g/mol. The van der Waals surface area contributed by atoms with Crippen molar-refractivity contribution in [1.29, 1.82) is 0 Å². The van der Waals surface area contributed by atoms with Crippen molar-refractivity contribution in [1.82, 2.24) is 0 Å². The zero-order valence-corrected chi connectivity index (χ0v) is 16.0. The number of quaternary nitrogens is 1. The van der Waals surface area contributed by atoms with Gasteiger partial charge in [0.15, 0.2) is 0 Å². The Balaban J connectivity index is 0.000000279. The molecule has 2 unspecified atom stereocenters. The number of carbonyl (C=O) groups excluding carboxylic acids is 1. The van der Waals surface area contributed by atoms with Gasteiger partial charge in [-0.15, -0.1) is 0 Å². The normalized spacial score (nSPS) is 21.0. The van der Waals surface area contributed by atoms with E-state index in [0.29, 0.717) is 12.2 Å². The molecule has 0 bridgehead atoms. The van der Waals surface area contributed by atoms with Gasteiger partial charge in [0, 0.05) is 30.8 Å². The number of hydrogen-bond donors (Lipinski definition) is 2. The lowest BCUT2D eigenvalue weighted by Gasteiger charge is -2.46. The summed E-state index contributed by atoms with van der Waals surface area (Å²) >= 11 is 0. The Morgan fingerprint density at radius 1 is 1.26 bits per heavy atom. The number of carbonyl (C=O) groups is 2. The van der Waals surface area contributed by atoms with Gasteiger partial charge < -0.3 is 25.2 Å². The highest BCUT2D eigenvalue weighted by atomic mass is 16.4. The van der Waals surface area contributed by atoms with Crippen LogP contribution in [0.15, 0.2) is 36.4 Å². The summed E-state index contributed by atoms with van der Waals surface area (Å²) in [6, 6.07) is 9.93. The van der Waals surface area contributed by atoms with E-state index in [0.717, 1.165) is 12.0 Å². The van der Waals surface area contributed by atoms with Crippen molar-refractivity contribution >= 4 is 17.6 Å². The summed E-state index contributed by atoms with van der Waals surface area (Å²) < 4.78 is 0. The topological polar surface area (TPSA) is 97.3 Å². The average molecular weight is 374 g/mol. The molecule has 1 heterocycles. The standard InChI is InChI=1S/C17H26N2.C4H4O4/c1-18-11-6-12-19-16-9-4-2-7-14(16)13-15-8-3-5-10-17(15)19;5-3(6)1-2-4(7)8/h2,4,7,9,15,17-18H,3,5-6,8,10-13H2,1H3;1-2H,(H,5,6)(H,7,8)/b;2-1-. The van der Waals surface area contributed by atoms with Crippen LogP contribution in [0.25, 0.3) is 0 Å². The number of aliphatic carboxylic acids is 2. The molecule has 27 heavy (non-hydrogen) atoms. The first-order chi connectivity index (χ1) is 13.0. The van der Waals surface area contributed by atoms with E-state index >= 15 is 0 Å². The molecule has 0 amide bonds. The van der Waals surface area contributed by atoms with Crippen LogP contribution in [0.3, 0.4) is 0 Å². The molecule has 0 aromatic heterocycles. The molecule has 0 radical (unpaired) electrons. The Morgan fingerprint density at radius 3 is 2.67 bits per heavy atom. The number of carboxylic acids is 2. The van der Waals surface area contributed by atoms with E-state index < -0.39 is 11.9 Å². The quantitative estimate of drug-likeness (QED) is 0.560. The fourth-order valence-corrected chi connectivity index (χ4v) is 4.15.